The van der Waals surface area contributed by atoms with Crippen LogP contribution < -0.4 is 5.73 Å². The number of nitrogen functional groups attached to an aromatic ring is 1. The standard InChI is InChI=1S/C12H14N2O/c1-3-9-5-4-8(2)6-10(9)11-7-12(13)14-15-11/h4-7H,3H2,1-2H3,(H2,13,14). The van der Waals surface area contributed by atoms with Crippen LogP contribution >= 0.6 is 0 Å². The Morgan fingerprint density at radius 1 is 1.33 bits per heavy atom. The Balaban J connectivity index is 2.55. The molecule has 0 aliphatic heterocycles. The normalized spacial score (nSPS) is 10.5. The molecule has 0 amide bonds. The average Bonchev–Trinajstić information content (AvgIpc) is 2.65. The van der Waals surface area contributed by atoms with Gasteiger partial charge in [0.15, 0.2) is 11.6 Å². The fourth-order valence-corrected chi connectivity index (χ4v) is 1.64. The fourth-order valence-electron chi connectivity index (χ4n) is 1.64. The molecule has 0 atom stereocenters. The summed E-state index contributed by atoms with van der Waals surface area (Å²) >= 11 is 0. The highest BCUT2D eigenvalue weighted by atomic mass is 16.5. The predicted molar refractivity (Wildman–Crippen MR) is 60.5 cm³/mol. The summed E-state index contributed by atoms with van der Waals surface area (Å²) in [6.45, 7) is 4.18. The molecule has 0 spiro atoms. The first-order valence-electron chi connectivity index (χ1n) is 5.03. The van der Waals surface area contributed by atoms with Gasteiger partial charge in [0, 0.05) is 11.6 Å². The van der Waals surface area contributed by atoms with E-state index in [9.17, 15) is 0 Å². The van der Waals surface area contributed by atoms with Crippen LogP contribution in [0.15, 0.2) is 28.8 Å². The Morgan fingerprint density at radius 2 is 2.13 bits per heavy atom. The van der Waals surface area contributed by atoms with Gasteiger partial charge in [-0.25, -0.2) is 0 Å². The summed E-state index contributed by atoms with van der Waals surface area (Å²) in [5.41, 5.74) is 9.08. The van der Waals surface area contributed by atoms with Gasteiger partial charge in [-0.1, -0.05) is 29.8 Å². The number of hydrogen-bond donors (Lipinski definition) is 1. The summed E-state index contributed by atoms with van der Waals surface area (Å²) in [6, 6.07) is 8.07. The Kier molecular flexibility index (Phi) is 2.46. The van der Waals surface area contributed by atoms with E-state index in [0.29, 0.717) is 5.82 Å². The third kappa shape index (κ3) is 1.86. The first-order valence-corrected chi connectivity index (χ1v) is 5.03. The van der Waals surface area contributed by atoms with Crippen LogP contribution in [-0.4, -0.2) is 5.16 Å². The Labute approximate surface area is 88.9 Å². The second kappa shape index (κ2) is 3.77. The van der Waals surface area contributed by atoms with Gasteiger partial charge in [0.1, 0.15) is 0 Å². The molecule has 0 radical (unpaired) electrons. The monoisotopic (exact) mass is 202 g/mol. The third-order valence-corrected chi connectivity index (χ3v) is 2.44. The van der Waals surface area contributed by atoms with E-state index in [-0.39, 0.29) is 0 Å². The van der Waals surface area contributed by atoms with E-state index in [4.69, 9.17) is 10.3 Å². The van der Waals surface area contributed by atoms with Crippen molar-refractivity contribution in [1.29, 1.82) is 0 Å². The number of aromatic nitrogens is 1. The first-order chi connectivity index (χ1) is 7.20. The van der Waals surface area contributed by atoms with Crippen LogP contribution in [0.4, 0.5) is 5.82 Å². The largest absolute Gasteiger partial charge is 0.381 e. The molecule has 2 N–H and O–H groups in total. The zero-order valence-electron chi connectivity index (χ0n) is 8.95. The van der Waals surface area contributed by atoms with Gasteiger partial charge >= 0.3 is 0 Å². The highest BCUT2D eigenvalue weighted by Crippen LogP contribution is 2.26. The van der Waals surface area contributed by atoms with E-state index < -0.39 is 0 Å². The maximum Gasteiger partial charge on any atom is 0.169 e. The van der Waals surface area contributed by atoms with E-state index >= 15 is 0 Å². The van der Waals surface area contributed by atoms with Crippen molar-refractivity contribution in [2.45, 2.75) is 20.3 Å². The van der Waals surface area contributed by atoms with E-state index in [1.807, 2.05) is 0 Å². The zero-order chi connectivity index (χ0) is 10.8. The van der Waals surface area contributed by atoms with Crippen molar-refractivity contribution in [3.8, 4) is 11.3 Å². The van der Waals surface area contributed by atoms with Crippen molar-refractivity contribution >= 4 is 5.82 Å². The van der Waals surface area contributed by atoms with E-state index in [1.54, 1.807) is 6.07 Å². The Hall–Kier alpha value is -1.77. The van der Waals surface area contributed by atoms with Crippen LogP contribution in [0.2, 0.25) is 0 Å². The van der Waals surface area contributed by atoms with Crippen LogP contribution in [0, 0.1) is 6.92 Å². The van der Waals surface area contributed by atoms with E-state index in [0.717, 1.165) is 17.7 Å². The van der Waals surface area contributed by atoms with Crippen molar-refractivity contribution in [1.82, 2.24) is 5.16 Å². The zero-order valence-corrected chi connectivity index (χ0v) is 8.95. The molecule has 0 unspecified atom stereocenters. The number of nitrogens with zero attached hydrogens (tertiary/aromatic N) is 1. The lowest BCUT2D eigenvalue weighted by Crippen LogP contribution is -1.87. The molecule has 0 bridgehead atoms. The number of hydrogen-bond acceptors (Lipinski definition) is 3. The van der Waals surface area contributed by atoms with Crippen molar-refractivity contribution in [3.63, 3.8) is 0 Å². The molecule has 2 aromatic rings. The minimum absolute atomic E-state index is 0.425. The molecule has 0 saturated carbocycles. The molecular formula is C12H14N2O. The van der Waals surface area contributed by atoms with Crippen LogP contribution in [-0.2, 0) is 6.42 Å². The number of nitrogens with two attached hydrogens (primary N) is 1. The molecular weight excluding hydrogens is 188 g/mol. The van der Waals surface area contributed by atoms with Gasteiger partial charge in [0.25, 0.3) is 0 Å². The summed E-state index contributed by atoms with van der Waals surface area (Å²) in [4.78, 5) is 0. The van der Waals surface area contributed by atoms with Gasteiger partial charge in [0.2, 0.25) is 0 Å². The lowest BCUT2D eigenvalue weighted by molar-refractivity contribution is 0.435. The molecule has 0 aliphatic rings. The molecule has 15 heavy (non-hydrogen) atoms. The average molecular weight is 202 g/mol. The third-order valence-electron chi connectivity index (χ3n) is 2.44. The van der Waals surface area contributed by atoms with Gasteiger partial charge in [-0.05, 0) is 25.0 Å². The SMILES string of the molecule is CCc1ccc(C)cc1-c1cc(N)no1. The molecule has 1 aromatic heterocycles. The van der Waals surface area contributed by atoms with Gasteiger partial charge < -0.3 is 10.3 Å². The fraction of sp³-hybridized carbons (Fsp3) is 0.250. The van der Waals surface area contributed by atoms with Gasteiger partial charge in [0.05, 0.1) is 0 Å². The van der Waals surface area contributed by atoms with Crippen molar-refractivity contribution < 1.29 is 4.52 Å². The highest BCUT2D eigenvalue weighted by Gasteiger charge is 2.09. The molecule has 0 aliphatic carbocycles. The predicted octanol–water partition coefficient (Wildman–Crippen LogP) is 2.79. The maximum atomic E-state index is 5.54. The van der Waals surface area contributed by atoms with Crippen molar-refractivity contribution in [2.75, 3.05) is 5.73 Å². The summed E-state index contributed by atoms with van der Waals surface area (Å²) < 4.78 is 5.17. The topological polar surface area (TPSA) is 52.0 Å². The van der Waals surface area contributed by atoms with Crippen LogP contribution in [0.5, 0.6) is 0 Å². The number of anilines is 1. The van der Waals surface area contributed by atoms with Crippen LogP contribution in [0.25, 0.3) is 11.3 Å². The number of aryl methyl sites for hydroxylation is 2. The maximum absolute atomic E-state index is 5.54. The lowest BCUT2D eigenvalue weighted by atomic mass is 10.0. The van der Waals surface area contributed by atoms with Crippen molar-refractivity contribution in [3.05, 3.63) is 35.4 Å². The quantitative estimate of drug-likeness (QED) is 0.814. The van der Waals surface area contributed by atoms with E-state index in [2.05, 4.69) is 37.2 Å². The molecule has 3 nitrogen and oxygen atoms in total. The highest BCUT2D eigenvalue weighted by molar-refractivity contribution is 5.65. The summed E-state index contributed by atoms with van der Waals surface area (Å²) in [5, 5.41) is 3.70. The number of benzene rings is 1. The second-order valence-electron chi connectivity index (χ2n) is 3.63. The molecule has 1 heterocycles. The summed E-state index contributed by atoms with van der Waals surface area (Å²) in [7, 11) is 0. The number of rotatable bonds is 2. The Morgan fingerprint density at radius 3 is 2.73 bits per heavy atom. The van der Waals surface area contributed by atoms with Crippen LogP contribution in [0.3, 0.4) is 0 Å². The molecule has 3 heteroatoms. The van der Waals surface area contributed by atoms with E-state index in [1.165, 1.54) is 11.1 Å². The summed E-state index contributed by atoms with van der Waals surface area (Å²) in [5.74, 6) is 1.17. The molecule has 0 fully saturated rings. The smallest absolute Gasteiger partial charge is 0.169 e. The minimum Gasteiger partial charge on any atom is -0.381 e. The summed E-state index contributed by atoms with van der Waals surface area (Å²) in [6.07, 6.45) is 0.968. The minimum atomic E-state index is 0.425. The van der Waals surface area contributed by atoms with Gasteiger partial charge in [-0.15, -0.1) is 0 Å². The van der Waals surface area contributed by atoms with Gasteiger partial charge in [-0.2, -0.15) is 0 Å². The van der Waals surface area contributed by atoms with Crippen molar-refractivity contribution in [2.24, 2.45) is 0 Å². The first kappa shape index (κ1) is 9.77. The van der Waals surface area contributed by atoms with Gasteiger partial charge in [-0.3, -0.25) is 0 Å². The van der Waals surface area contributed by atoms with Crippen LogP contribution in [0.1, 0.15) is 18.1 Å². The Bertz CT molecular complexity index is 474. The lowest BCUT2D eigenvalue weighted by Gasteiger charge is -2.05. The molecule has 2 rings (SSSR count). The molecule has 1 aromatic carbocycles. The molecule has 78 valence electrons. The second-order valence-corrected chi connectivity index (χ2v) is 3.63. The molecule has 0 saturated heterocycles.